The third-order valence-corrected chi connectivity index (χ3v) is 5.29. The van der Waals surface area contributed by atoms with E-state index in [1.165, 1.54) is 4.90 Å². The SMILES string of the molecule is CCc1ccccc1NC(=O)CN(C)C(=O)Cc1c(C)nc2ccccc2c1C. The van der Waals surface area contributed by atoms with Gasteiger partial charge in [0.25, 0.3) is 0 Å². The summed E-state index contributed by atoms with van der Waals surface area (Å²) in [5, 5.41) is 3.97. The standard InChI is InChI=1S/C24H27N3O2/c1-5-18-10-6-8-12-21(18)26-23(28)15-27(4)24(29)14-20-16(2)19-11-7-9-13-22(19)25-17(20)3/h6-13H,5,14-15H2,1-4H3,(H,26,28). The monoisotopic (exact) mass is 389 g/mol. The minimum atomic E-state index is -0.202. The molecule has 2 aromatic carbocycles. The molecule has 0 aliphatic heterocycles. The van der Waals surface area contributed by atoms with E-state index in [0.717, 1.165) is 45.4 Å². The molecule has 0 atom stereocenters. The normalized spacial score (nSPS) is 10.8. The number of fused-ring (bicyclic) bond motifs is 1. The summed E-state index contributed by atoms with van der Waals surface area (Å²) in [6.45, 7) is 6.00. The lowest BCUT2D eigenvalue weighted by molar-refractivity contribution is -0.132. The molecule has 3 aromatic rings. The first-order chi connectivity index (χ1) is 13.9. The van der Waals surface area contributed by atoms with Gasteiger partial charge >= 0.3 is 0 Å². The van der Waals surface area contributed by atoms with Crippen LogP contribution in [0.2, 0.25) is 0 Å². The number of carbonyl (C=O) groups excluding carboxylic acids is 2. The highest BCUT2D eigenvalue weighted by molar-refractivity contribution is 5.95. The van der Waals surface area contributed by atoms with Gasteiger partial charge in [0.1, 0.15) is 0 Å². The van der Waals surface area contributed by atoms with Crippen LogP contribution in [0.25, 0.3) is 10.9 Å². The summed E-state index contributed by atoms with van der Waals surface area (Å²) in [5.41, 5.74) is 5.65. The average Bonchev–Trinajstić information content (AvgIpc) is 2.71. The summed E-state index contributed by atoms with van der Waals surface area (Å²) in [4.78, 5) is 31.3. The van der Waals surface area contributed by atoms with Crippen molar-refractivity contribution in [2.24, 2.45) is 0 Å². The summed E-state index contributed by atoms with van der Waals surface area (Å²) >= 11 is 0. The molecule has 5 nitrogen and oxygen atoms in total. The number of benzene rings is 2. The van der Waals surface area contributed by atoms with Crippen LogP contribution in [-0.2, 0) is 22.4 Å². The first kappa shape index (κ1) is 20.5. The fourth-order valence-corrected chi connectivity index (χ4v) is 3.56. The van der Waals surface area contributed by atoms with Gasteiger partial charge in [-0.25, -0.2) is 0 Å². The number of likely N-dealkylation sites (N-methyl/N-ethyl adjacent to an activating group) is 1. The van der Waals surface area contributed by atoms with Crippen molar-refractivity contribution in [3.05, 3.63) is 70.9 Å². The predicted molar refractivity (Wildman–Crippen MR) is 117 cm³/mol. The van der Waals surface area contributed by atoms with E-state index in [4.69, 9.17) is 0 Å². The average molecular weight is 389 g/mol. The molecule has 1 heterocycles. The molecular weight excluding hydrogens is 362 g/mol. The number of hydrogen-bond donors (Lipinski definition) is 1. The van der Waals surface area contributed by atoms with Gasteiger partial charge in [0, 0.05) is 23.8 Å². The highest BCUT2D eigenvalue weighted by Crippen LogP contribution is 2.23. The van der Waals surface area contributed by atoms with Crippen LogP contribution in [0.15, 0.2) is 48.5 Å². The van der Waals surface area contributed by atoms with E-state index < -0.39 is 0 Å². The quantitative estimate of drug-likeness (QED) is 0.692. The third kappa shape index (κ3) is 4.62. The van der Waals surface area contributed by atoms with E-state index >= 15 is 0 Å². The topological polar surface area (TPSA) is 62.3 Å². The van der Waals surface area contributed by atoms with Gasteiger partial charge in [0.05, 0.1) is 18.5 Å². The number of para-hydroxylation sites is 2. The number of nitrogens with zero attached hydrogens (tertiary/aromatic N) is 2. The lowest BCUT2D eigenvalue weighted by Gasteiger charge is -2.19. The second-order valence-corrected chi connectivity index (χ2v) is 7.30. The van der Waals surface area contributed by atoms with Crippen LogP contribution >= 0.6 is 0 Å². The summed E-state index contributed by atoms with van der Waals surface area (Å²) in [6.07, 6.45) is 1.06. The van der Waals surface area contributed by atoms with Gasteiger partial charge in [-0.15, -0.1) is 0 Å². The molecular formula is C24H27N3O2. The zero-order valence-electron chi connectivity index (χ0n) is 17.5. The molecule has 0 unspecified atom stereocenters. The summed E-state index contributed by atoms with van der Waals surface area (Å²) in [6, 6.07) is 15.6. The summed E-state index contributed by atoms with van der Waals surface area (Å²) in [5.74, 6) is -0.306. The van der Waals surface area contributed by atoms with Crippen LogP contribution < -0.4 is 5.32 Å². The second kappa shape index (κ2) is 8.86. The fraction of sp³-hybridized carbons (Fsp3) is 0.292. The van der Waals surface area contributed by atoms with Crippen LogP contribution in [0.1, 0.15) is 29.3 Å². The Hall–Kier alpha value is -3.21. The van der Waals surface area contributed by atoms with Crippen molar-refractivity contribution >= 4 is 28.4 Å². The molecule has 3 rings (SSSR count). The van der Waals surface area contributed by atoms with Crippen molar-refractivity contribution < 1.29 is 9.59 Å². The molecule has 0 aliphatic carbocycles. The number of carbonyl (C=O) groups is 2. The highest BCUT2D eigenvalue weighted by atomic mass is 16.2. The first-order valence-electron chi connectivity index (χ1n) is 9.87. The number of aryl methyl sites for hydroxylation is 3. The van der Waals surface area contributed by atoms with Crippen molar-refractivity contribution in [2.45, 2.75) is 33.6 Å². The zero-order chi connectivity index (χ0) is 21.0. The molecule has 0 saturated heterocycles. The van der Waals surface area contributed by atoms with Gasteiger partial charge in [-0.2, -0.15) is 0 Å². The van der Waals surface area contributed by atoms with Crippen molar-refractivity contribution in [3.8, 4) is 0 Å². The molecule has 2 amide bonds. The van der Waals surface area contributed by atoms with Crippen LogP contribution in [-0.4, -0.2) is 35.3 Å². The maximum atomic E-state index is 12.8. The second-order valence-electron chi connectivity index (χ2n) is 7.30. The molecule has 0 spiro atoms. The Morgan fingerprint density at radius 3 is 2.48 bits per heavy atom. The molecule has 0 bridgehead atoms. The zero-order valence-corrected chi connectivity index (χ0v) is 17.5. The molecule has 0 fully saturated rings. The minimum absolute atomic E-state index is 0.00991. The number of amides is 2. The van der Waals surface area contributed by atoms with Gasteiger partial charge in [-0.1, -0.05) is 43.3 Å². The number of nitrogens with one attached hydrogen (secondary N) is 1. The Morgan fingerprint density at radius 2 is 1.72 bits per heavy atom. The number of aromatic nitrogens is 1. The first-order valence-corrected chi connectivity index (χ1v) is 9.87. The lowest BCUT2D eigenvalue weighted by atomic mass is 9.99. The van der Waals surface area contributed by atoms with E-state index in [0.29, 0.717) is 0 Å². The van der Waals surface area contributed by atoms with Gasteiger partial charge in [-0.3, -0.25) is 14.6 Å². The smallest absolute Gasteiger partial charge is 0.243 e. The van der Waals surface area contributed by atoms with Crippen LogP contribution in [0.5, 0.6) is 0 Å². The fourth-order valence-electron chi connectivity index (χ4n) is 3.56. The molecule has 0 radical (unpaired) electrons. The maximum absolute atomic E-state index is 12.8. The number of anilines is 1. The Balaban J connectivity index is 1.69. The van der Waals surface area contributed by atoms with Gasteiger partial charge < -0.3 is 10.2 Å². The summed E-state index contributed by atoms with van der Waals surface area (Å²) in [7, 11) is 1.66. The molecule has 1 N–H and O–H groups in total. The summed E-state index contributed by atoms with van der Waals surface area (Å²) < 4.78 is 0. The maximum Gasteiger partial charge on any atom is 0.243 e. The van der Waals surface area contributed by atoms with Gasteiger partial charge in [0.2, 0.25) is 11.8 Å². The highest BCUT2D eigenvalue weighted by Gasteiger charge is 2.18. The third-order valence-electron chi connectivity index (χ3n) is 5.29. The van der Waals surface area contributed by atoms with Crippen molar-refractivity contribution in [2.75, 3.05) is 18.9 Å². The Kier molecular flexibility index (Phi) is 6.27. The predicted octanol–water partition coefficient (Wildman–Crippen LogP) is 4.05. The Labute approximate surface area is 171 Å². The minimum Gasteiger partial charge on any atom is -0.336 e. The molecule has 0 aliphatic rings. The van der Waals surface area contributed by atoms with Crippen LogP contribution in [0.4, 0.5) is 5.69 Å². The van der Waals surface area contributed by atoms with Gasteiger partial charge in [0.15, 0.2) is 0 Å². The Morgan fingerprint density at radius 1 is 1.03 bits per heavy atom. The molecule has 1 aromatic heterocycles. The van der Waals surface area contributed by atoms with E-state index in [9.17, 15) is 9.59 Å². The number of rotatable bonds is 6. The Bertz CT molecular complexity index is 1060. The van der Waals surface area contributed by atoms with Crippen molar-refractivity contribution in [1.29, 1.82) is 0 Å². The van der Waals surface area contributed by atoms with E-state index in [-0.39, 0.29) is 24.8 Å². The van der Waals surface area contributed by atoms with Crippen molar-refractivity contribution in [3.63, 3.8) is 0 Å². The molecule has 29 heavy (non-hydrogen) atoms. The molecule has 150 valence electrons. The van der Waals surface area contributed by atoms with E-state index in [1.807, 2.05) is 69.3 Å². The van der Waals surface area contributed by atoms with Crippen LogP contribution in [0.3, 0.4) is 0 Å². The number of hydrogen-bond acceptors (Lipinski definition) is 3. The number of pyridine rings is 1. The van der Waals surface area contributed by atoms with Gasteiger partial charge in [-0.05, 0) is 49.1 Å². The molecule has 0 saturated carbocycles. The van der Waals surface area contributed by atoms with E-state index in [1.54, 1.807) is 7.05 Å². The van der Waals surface area contributed by atoms with E-state index in [2.05, 4.69) is 10.3 Å². The van der Waals surface area contributed by atoms with Crippen molar-refractivity contribution in [1.82, 2.24) is 9.88 Å². The molecule has 5 heteroatoms. The lowest BCUT2D eigenvalue weighted by Crippen LogP contribution is -2.36. The van der Waals surface area contributed by atoms with Crippen LogP contribution in [0, 0.1) is 13.8 Å². The largest absolute Gasteiger partial charge is 0.336 e.